The van der Waals surface area contributed by atoms with Crippen LogP contribution in [0.3, 0.4) is 0 Å². The van der Waals surface area contributed by atoms with Gasteiger partial charge in [0.1, 0.15) is 5.82 Å². The fraction of sp³-hybridized carbons (Fsp3) is 0.200. The van der Waals surface area contributed by atoms with Gasteiger partial charge in [0.25, 0.3) is 0 Å². The van der Waals surface area contributed by atoms with E-state index in [0.29, 0.717) is 18.7 Å². The van der Waals surface area contributed by atoms with Crippen molar-refractivity contribution in [1.29, 1.82) is 0 Å². The first kappa shape index (κ1) is 14.2. The largest absolute Gasteiger partial charge is 0.329 e. The van der Waals surface area contributed by atoms with Gasteiger partial charge in [-0.1, -0.05) is 52.3 Å². The van der Waals surface area contributed by atoms with Crippen LogP contribution in [0.2, 0.25) is 0 Å². The standard InChI is InChI=1S/C15H16BrFN2/c16-12-6-7-13(14(17)8-12)15(9-18)19-10-11-4-2-1-3-5-11/h1-8,15,19H,9-10,18H2. The van der Waals surface area contributed by atoms with Crippen LogP contribution in [0.4, 0.5) is 4.39 Å². The minimum absolute atomic E-state index is 0.187. The number of benzene rings is 2. The van der Waals surface area contributed by atoms with Crippen molar-refractivity contribution in [3.05, 3.63) is 69.9 Å². The van der Waals surface area contributed by atoms with E-state index in [2.05, 4.69) is 21.2 Å². The third-order valence-electron chi connectivity index (χ3n) is 2.97. The Hall–Kier alpha value is -1.23. The minimum Gasteiger partial charge on any atom is -0.329 e. The SMILES string of the molecule is NCC(NCc1ccccc1)c1ccc(Br)cc1F. The smallest absolute Gasteiger partial charge is 0.129 e. The summed E-state index contributed by atoms with van der Waals surface area (Å²) >= 11 is 3.25. The van der Waals surface area contributed by atoms with E-state index in [4.69, 9.17) is 5.73 Å². The molecule has 2 aromatic rings. The molecule has 19 heavy (non-hydrogen) atoms. The molecule has 1 unspecified atom stereocenters. The van der Waals surface area contributed by atoms with E-state index in [0.717, 1.165) is 10.0 Å². The number of nitrogens with one attached hydrogen (secondary N) is 1. The van der Waals surface area contributed by atoms with Crippen LogP contribution in [0, 0.1) is 5.82 Å². The lowest BCUT2D eigenvalue weighted by molar-refractivity contribution is 0.505. The van der Waals surface area contributed by atoms with Crippen molar-refractivity contribution in [2.45, 2.75) is 12.6 Å². The van der Waals surface area contributed by atoms with Crippen molar-refractivity contribution < 1.29 is 4.39 Å². The summed E-state index contributed by atoms with van der Waals surface area (Å²) in [5, 5.41) is 3.28. The molecule has 0 saturated carbocycles. The molecule has 0 amide bonds. The maximum Gasteiger partial charge on any atom is 0.129 e. The molecule has 2 rings (SSSR count). The lowest BCUT2D eigenvalue weighted by atomic mass is 10.1. The highest BCUT2D eigenvalue weighted by atomic mass is 79.9. The Morgan fingerprint density at radius 2 is 1.89 bits per heavy atom. The predicted octanol–water partition coefficient (Wildman–Crippen LogP) is 3.38. The Morgan fingerprint density at radius 1 is 1.16 bits per heavy atom. The number of rotatable bonds is 5. The molecular formula is C15H16BrFN2. The zero-order valence-electron chi connectivity index (χ0n) is 10.4. The molecular weight excluding hydrogens is 307 g/mol. The molecule has 0 heterocycles. The summed E-state index contributed by atoms with van der Waals surface area (Å²) in [5.41, 5.74) is 7.49. The van der Waals surface area contributed by atoms with Crippen molar-refractivity contribution in [3.8, 4) is 0 Å². The van der Waals surface area contributed by atoms with Gasteiger partial charge in [-0.05, 0) is 17.7 Å². The number of nitrogens with two attached hydrogens (primary N) is 1. The molecule has 2 aromatic carbocycles. The maximum atomic E-state index is 13.9. The van der Waals surface area contributed by atoms with Crippen molar-refractivity contribution in [3.63, 3.8) is 0 Å². The van der Waals surface area contributed by atoms with Crippen LogP contribution >= 0.6 is 15.9 Å². The fourth-order valence-corrected chi connectivity index (χ4v) is 2.27. The van der Waals surface area contributed by atoms with Crippen molar-refractivity contribution in [2.24, 2.45) is 5.73 Å². The maximum absolute atomic E-state index is 13.9. The second kappa shape index (κ2) is 6.80. The highest BCUT2D eigenvalue weighted by Crippen LogP contribution is 2.21. The van der Waals surface area contributed by atoms with Gasteiger partial charge in [0, 0.05) is 29.2 Å². The number of hydrogen-bond acceptors (Lipinski definition) is 2. The average Bonchev–Trinajstić information content (AvgIpc) is 2.42. The predicted molar refractivity (Wildman–Crippen MR) is 79.2 cm³/mol. The molecule has 4 heteroatoms. The summed E-state index contributed by atoms with van der Waals surface area (Å²) in [5.74, 6) is -0.245. The summed E-state index contributed by atoms with van der Waals surface area (Å²) in [6.07, 6.45) is 0. The van der Waals surface area contributed by atoms with Crippen LogP contribution in [0.1, 0.15) is 17.2 Å². The normalized spacial score (nSPS) is 12.4. The molecule has 0 saturated heterocycles. The van der Waals surface area contributed by atoms with Gasteiger partial charge in [-0.3, -0.25) is 0 Å². The first-order valence-electron chi connectivity index (χ1n) is 6.13. The second-order valence-electron chi connectivity index (χ2n) is 4.32. The van der Waals surface area contributed by atoms with Crippen LogP contribution < -0.4 is 11.1 Å². The van der Waals surface area contributed by atoms with Gasteiger partial charge in [-0.15, -0.1) is 0 Å². The average molecular weight is 323 g/mol. The molecule has 1 atom stereocenters. The van der Waals surface area contributed by atoms with Gasteiger partial charge >= 0.3 is 0 Å². The van der Waals surface area contributed by atoms with E-state index in [1.54, 1.807) is 6.07 Å². The Balaban J connectivity index is 2.08. The summed E-state index contributed by atoms with van der Waals surface area (Å²) in [4.78, 5) is 0. The van der Waals surface area contributed by atoms with E-state index in [-0.39, 0.29) is 11.9 Å². The monoisotopic (exact) mass is 322 g/mol. The Morgan fingerprint density at radius 3 is 2.53 bits per heavy atom. The van der Waals surface area contributed by atoms with Gasteiger partial charge in [0.2, 0.25) is 0 Å². The van der Waals surface area contributed by atoms with Gasteiger partial charge in [-0.2, -0.15) is 0 Å². The zero-order chi connectivity index (χ0) is 13.7. The van der Waals surface area contributed by atoms with Crippen LogP contribution in [0.15, 0.2) is 53.0 Å². The molecule has 3 N–H and O–H groups in total. The first-order valence-corrected chi connectivity index (χ1v) is 6.92. The molecule has 0 spiro atoms. The molecule has 0 aliphatic carbocycles. The van der Waals surface area contributed by atoms with Gasteiger partial charge in [-0.25, -0.2) is 4.39 Å². The third-order valence-corrected chi connectivity index (χ3v) is 3.46. The number of hydrogen-bond donors (Lipinski definition) is 2. The third kappa shape index (κ3) is 3.86. The summed E-state index contributed by atoms with van der Waals surface area (Å²) in [6.45, 7) is 1.02. The summed E-state index contributed by atoms with van der Waals surface area (Å²) in [7, 11) is 0. The molecule has 0 aliphatic heterocycles. The summed E-state index contributed by atoms with van der Waals surface area (Å²) in [6, 6.07) is 14.8. The minimum atomic E-state index is -0.245. The van der Waals surface area contributed by atoms with E-state index in [1.807, 2.05) is 36.4 Å². The first-order chi connectivity index (χ1) is 9.20. The van der Waals surface area contributed by atoms with Crippen molar-refractivity contribution >= 4 is 15.9 Å². The van der Waals surface area contributed by atoms with Crippen LogP contribution in [-0.2, 0) is 6.54 Å². The van der Waals surface area contributed by atoms with Crippen LogP contribution in [0.5, 0.6) is 0 Å². The summed E-state index contributed by atoms with van der Waals surface area (Å²) < 4.78 is 14.6. The second-order valence-corrected chi connectivity index (χ2v) is 5.24. The molecule has 2 nitrogen and oxygen atoms in total. The Labute approximate surface area is 121 Å². The Bertz CT molecular complexity index is 531. The van der Waals surface area contributed by atoms with Crippen molar-refractivity contribution in [2.75, 3.05) is 6.54 Å². The fourth-order valence-electron chi connectivity index (χ4n) is 1.94. The molecule has 0 bridgehead atoms. The van der Waals surface area contributed by atoms with Crippen LogP contribution in [0.25, 0.3) is 0 Å². The van der Waals surface area contributed by atoms with Gasteiger partial charge in [0.05, 0.1) is 0 Å². The van der Waals surface area contributed by atoms with Crippen molar-refractivity contribution in [1.82, 2.24) is 5.32 Å². The number of halogens is 2. The van der Waals surface area contributed by atoms with Crippen LogP contribution in [-0.4, -0.2) is 6.54 Å². The van der Waals surface area contributed by atoms with E-state index >= 15 is 0 Å². The lowest BCUT2D eigenvalue weighted by Crippen LogP contribution is -2.28. The highest BCUT2D eigenvalue weighted by Gasteiger charge is 2.13. The topological polar surface area (TPSA) is 38.0 Å². The quantitative estimate of drug-likeness (QED) is 0.885. The zero-order valence-corrected chi connectivity index (χ0v) is 12.0. The molecule has 0 aromatic heterocycles. The van der Waals surface area contributed by atoms with Gasteiger partial charge < -0.3 is 11.1 Å². The van der Waals surface area contributed by atoms with Gasteiger partial charge in [0.15, 0.2) is 0 Å². The molecule has 0 aliphatic rings. The van der Waals surface area contributed by atoms with E-state index in [9.17, 15) is 4.39 Å². The Kier molecular flexibility index (Phi) is 5.07. The van der Waals surface area contributed by atoms with E-state index < -0.39 is 0 Å². The molecule has 0 radical (unpaired) electrons. The lowest BCUT2D eigenvalue weighted by Gasteiger charge is -2.18. The van der Waals surface area contributed by atoms with E-state index in [1.165, 1.54) is 6.07 Å². The highest BCUT2D eigenvalue weighted by molar-refractivity contribution is 9.10. The molecule has 100 valence electrons. The molecule has 0 fully saturated rings.